The molecule has 0 saturated carbocycles. The van der Waals surface area contributed by atoms with Gasteiger partial charge < -0.3 is 34.0 Å². The van der Waals surface area contributed by atoms with Crippen LogP contribution in [0.15, 0.2) is 53.8 Å². The Morgan fingerprint density at radius 1 is 1.18 bits per heavy atom. The molecule has 2 fully saturated rings. The number of anilines is 1. The highest BCUT2D eigenvalue weighted by atomic mass is 19.2. The van der Waals surface area contributed by atoms with Crippen molar-refractivity contribution in [1.29, 1.82) is 0 Å². The number of amidine groups is 1. The summed E-state index contributed by atoms with van der Waals surface area (Å²) in [6, 6.07) is 8.01. The monoisotopic (exact) mass is 548 g/mol. The number of morpholine rings is 1. The minimum absolute atomic E-state index is 0.0490. The van der Waals surface area contributed by atoms with E-state index in [4.69, 9.17) is 14.3 Å². The van der Waals surface area contributed by atoms with Gasteiger partial charge in [0.05, 0.1) is 51.0 Å². The predicted octanol–water partition coefficient (Wildman–Crippen LogP) is 3.36. The average Bonchev–Trinajstić information content (AvgIpc) is 3.61. The minimum Gasteiger partial charge on any atom is -0.495 e. The number of halogens is 2. The van der Waals surface area contributed by atoms with Crippen molar-refractivity contribution in [2.75, 3.05) is 38.6 Å². The van der Waals surface area contributed by atoms with Crippen LogP contribution in [-0.4, -0.2) is 70.0 Å². The number of imidazole rings is 1. The Balaban J connectivity index is 1.29. The first kappa shape index (κ1) is 24.4. The van der Waals surface area contributed by atoms with Gasteiger partial charge in [-0.1, -0.05) is 11.2 Å². The van der Waals surface area contributed by atoms with E-state index < -0.39 is 23.0 Å². The number of nitrogens with zero attached hydrogens (tertiary/aromatic N) is 5. The average molecular weight is 549 g/mol. The van der Waals surface area contributed by atoms with Gasteiger partial charge in [0.25, 0.3) is 5.72 Å². The van der Waals surface area contributed by atoms with Gasteiger partial charge in [0.1, 0.15) is 5.75 Å². The molecule has 2 saturated heterocycles. The zero-order valence-corrected chi connectivity index (χ0v) is 22.1. The molecular weight excluding hydrogens is 522 g/mol. The summed E-state index contributed by atoms with van der Waals surface area (Å²) in [7, 11) is 1.60. The van der Waals surface area contributed by atoms with Crippen molar-refractivity contribution in [1.82, 2.24) is 19.4 Å². The fourth-order valence-electron chi connectivity index (χ4n) is 5.85. The number of hydrogen-bond acceptors (Lipinski definition) is 8. The second kappa shape index (κ2) is 8.44. The summed E-state index contributed by atoms with van der Waals surface area (Å²) >= 11 is 0. The van der Waals surface area contributed by atoms with Crippen molar-refractivity contribution in [3.05, 3.63) is 77.1 Å². The zero-order valence-electron chi connectivity index (χ0n) is 22.1. The third-order valence-electron chi connectivity index (χ3n) is 7.86. The van der Waals surface area contributed by atoms with Gasteiger partial charge in [-0.15, -0.1) is 0 Å². The van der Waals surface area contributed by atoms with E-state index >= 15 is 0 Å². The number of hydrogen-bond donors (Lipinski definition) is 1. The number of benzene rings is 2. The first-order valence-electron chi connectivity index (χ1n) is 12.8. The van der Waals surface area contributed by atoms with Gasteiger partial charge in [-0.05, 0) is 36.8 Å². The van der Waals surface area contributed by atoms with E-state index in [1.54, 1.807) is 18.3 Å². The lowest BCUT2D eigenvalue weighted by atomic mass is 9.89. The van der Waals surface area contributed by atoms with Crippen molar-refractivity contribution in [2.24, 2.45) is 5.16 Å². The first-order valence-corrected chi connectivity index (χ1v) is 12.8. The molecule has 2 spiro atoms. The van der Waals surface area contributed by atoms with Crippen molar-refractivity contribution < 1.29 is 27.9 Å². The molecule has 0 aliphatic carbocycles. The lowest BCUT2D eigenvalue weighted by molar-refractivity contribution is -0.176. The molecule has 40 heavy (non-hydrogen) atoms. The van der Waals surface area contributed by atoms with Gasteiger partial charge in [-0.25, -0.2) is 13.8 Å². The Kier molecular flexibility index (Phi) is 5.16. The number of methoxy groups -OCH3 is 1. The summed E-state index contributed by atoms with van der Waals surface area (Å²) < 4.78 is 42.5. The quantitative estimate of drug-likeness (QED) is 0.537. The third kappa shape index (κ3) is 3.55. The molecule has 7 rings (SSSR count). The summed E-state index contributed by atoms with van der Waals surface area (Å²) in [5.41, 5.74) is 1.47. The lowest BCUT2D eigenvalue weighted by Gasteiger charge is -2.55. The molecule has 5 heterocycles. The van der Waals surface area contributed by atoms with Gasteiger partial charge >= 0.3 is 0 Å². The van der Waals surface area contributed by atoms with Gasteiger partial charge in [-0.3, -0.25) is 4.79 Å². The number of carbonyl (C=O) groups is 1. The highest BCUT2D eigenvalue weighted by Crippen LogP contribution is 2.49. The maximum atomic E-state index is 14.4. The van der Waals surface area contributed by atoms with Crippen LogP contribution in [-0.2, 0) is 20.1 Å². The number of oxime groups is 1. The summed E-state index contributed by atoms with van der Waals surface area (Å²) in [5.74, 6) is -0.458. The fourth-order valence-corrected chi connectivity index (χ4v) is 5.85. The van der Waals surface area contributed by atoms with Gasteiger partial charge in [0.2, 0.25) is 11.7 Å². The first-order chi connectivity index (χ1) is 19.2. The lowest BCUT2D eigenvalue weighted by Crippen LogP contribution is -2.72. The van der Waals surface area contributed by atoms with Crippen LogP contribution in [0.4, 0.5) is 14.5 Å². The number of amides is 1. The molecule has 1 N–H and O–H groups in total. The van der Waals surface area contributed by atoms with Crippen LogP contribution in [0.5, 0.6) is 5.75 Å². The molecule has 10 nitrogen and oxygen atoms in total. The van der Waals surface area contributed by atoms with Crippen LogP contribution >= 0.6 is 0 Å². The smallest absolute Gasteiger partial charge is 0.256 e. The Morgan fingerprint density at radius 2 is 1.98 bits per heavy atom. The van der Waals surface area contributed by atoms with E-state index in [2.05, 4.69) is 15.5 Å². The number of aromatic nitrogens is 2. The molecule has 4 aliphatic heterocycles. The van der Waals surface area contributed by atoms with Crippen molar-refractivity contribution in [2.45, 2.75) is 25.2 Å². The maximum Gasteiger partial charge on any atom is 0.256 e. The van der Waals surface area contributed by atoms with Crippen molar-refractivity contribution in [3.8, 4) is 11.4 Å². The molecule has 0 radical (unpaired) electrons. The topological polar surface area (TPSA) is 93.5 Å². The Bertz CT molecular complexity index is 1630. The second-order valence-corrected chi connectivity index (χ2v) is 10.6. The van der Waals surface area contributed by atoms with Gasteiger partial charge in [0.15, 0.2) is 23.0 Å². The molecule has 1 aromatic heterocycles. The van der Waals surface area contributed by atoms with Crippen molar-refractivity contribution >= 4 is 23.5 Å². The number of ether oxygens (including phenoxy) is 2. The van der Waals surface area contributed by atoms with E-state index in [0.29, 0.717) is 48.2 Å². The predicted molar refractivity (Wildman–Crippen MR) is 141 cm³/mol. The standard InChI is InChI=1S/C28H26F2N6O4/c1-16-10-34(15-32-16)23-5-4-18(6-24(23)38-3)7-25-26-33-40-28(11-31-22-9-21(30)20(29)8-19(22)28)36(26)14-27(39-25)12-35(13-27)17(2)37/h4-10,15,31H,11-14H2,1-3H3. The van der Waals surface area contributed by atoms with Crippen LogP contribution in [0.1, 0.15) is 23.7 Å². The fraction of sp³-hybridized carbons (Fsp3) is 0.321. The van der Waals surface area contributed by atoms with E-state index in [-0.39, 0.29) is 12.5 Å². The van der Waals surface area contributed by atoms with Crippen molar-refractivity contribution in [3.63, 3.8) is 0 Å². The Morgan fingerprint density at radius 3 is 2.70 bits per heavy atom. The SMILES string of the molecule is COc1cc(C=C2OC3(CN(C(C)=O)C3)CN3C2=NOC32CNc3cc(F)c(F)cc32)ccc1-n1cnc(C)c1. The number of fused-ring (bicyclic) bond motifs is 4. The van der Waals surface area contributed by atoms with Gasteiger partial charge in [0, 0.05) is 30.4 Å². The maximum absolute atomic E-state index is 14.4. The van der Waals surface area contributed by atoms with Crippen LogP contribution in [0.3, 0.4) is 0 Å². The number of nitrogens with one attached hydrogen (secondary N) is 1. The second-order valence-electron chi connectivity index (χ2n) is 10.6. The highest BCUT2D eigenvalue weighted by Gasteiger charge is 2.61. The van der Waals surface area contributed by atoms with E-state index in [9.17, 15) is 13.6 Å². The summed E-state index contributed by atoms with van der Waals surface area (Å²) in [6.45, 7) is 4.75. The van der Waals surface area contributed by atoms with Crippen LogP contribution in [0, 0.1) is 18.6 Å². The number of carbonyl (C=O) groups excluding carboxylic acids is 1. The third-order valence-corrected chi connectivity index (χ3v) is 7.86. The summed E-state index contributed by atoms with van der Waals surface area (Å²) in [6.07, 6.45) is 5.47. The van der Waals surface area contributed by atoms with E-state index in [1.807, 2.05) is 46.9 Å². The van der Waals surface area contributed by atoms with Crippen LogP contribution < -0.4 is 10.1 Å². The summed E-state index contributed by atoms with van der Waals surface area (Å²) in [4.78, 5) is 26.0. The summed E-state index contributed by atoms with van der Waals surface area (Å²) in [5, 5.41) is 7.51. The molecule has 1 atom stereocenters. The van der Waals surface area contributed by atoms with Crippen LogP contribution in [0.25, 0.3) is 11.8 Å². The molecule has 12 heteroatoms. The minimum atomic E-state index is -1.19. The number of likely N-dealkylation sites (tertiary alicyclic amines) is 1. The van der Waals surface area contributed by atoms with Crippen LogP contribution in [0.2, 0.25) is 0 Å². The molecule has 206 valence electrons. The van der Waals surface area contributed by atoms with E-state index in [0.717, 1.165) is 29.1 Å². The zero-order chi connectivity index (χ0) is 27.8. The highest BCUT2D eigenvalue weighted by molar-refractivity contribution is 6.02. The largest absolute Gasteiger partial charge is 0.495 e. The molecular formula is C28H26F2N6O4. The number of rotatable bonds is 3. The molecule has 2 aromatic carbocycles. The molecule has 1 amide bonds. The molecule has 3 aromatic rings. The Hall–Kier alpha value is -4.61. The Labute approximate surface area is 228 Å². The normalized spacial score (nSPS) is 22.8. The van der Waals surface area contributed by atoms with Gasteiger partial charge in [-0.2, -0.15) is 0 Å². The number of aryl methyl sites for hydroxylation is 1. The molecule has 4 aliphatic rings. The van der Waals surface area contributed by atoms with E-state index in [1.165, 1.54) is 6.92 Å². The molecule has 0 bridgehead atoms. The molecule has 1 unspecified atom stereocenters.